The van der Waals surface area contributed by atoms with Gasteiger partial charge in [-0.15, -0.1) is 0 Å². The molecule has 158 valence electrons. The fourth-order valence-corrected chi connectivity index (χ4v) is 4.07. The Morgan fingerprint density at radius 1 is 0.938 bits per heavy atom. The number of carbonyl (C=O) groups excluding carboxylic acids is 3. The summed E-state index contributed by atoms with van der Waals surface area (Å²) in [4.78, 5) is 51.0. The van der Waals surface area contributed by atoms with Gasteiger partial charge in [0.15, 0.2) is 0 Å². The predicted octanol–water partition coefficient (Wildman–Crippen LogP) is 3.67. The summed E-state index contributed by atoms with van der Waals surface area (Å²) >= 11 is 0. The molecule has 1 atom stereocenters. The summed E-state index contributed by atoms with van der Waals surface area (Å²) in [6.07, 6.45) is 0. The second kappa shape index (κ2) is 7.46. The van der Waals surface area contributed by atoms with E-state index >= 15 is 0 Å². The zero-order chi connectivity index (χ0) is 22.4. The first-order valence-corrected chi connectivity index (χ1v) is 10.0. The monoisotopic (exact) mass is 427 g/mol. The summed E-state index contributed by atoms with van der Waals surface area (Å²) in [5.41, 5.74) is 0.824. The van der Waals surface area contributed by atoms with Crippen LogP contribution in [0.15, 0.2) is 75.9 Å². The lowest BCUT2D eigenvalue weighted by Crippen LogP contribution is -2.43. The van der Waals surface area contributed by atoms with Crippen LogP contribution in [-0.4, -0.2) is 28.7 Å². The average Bonchev–Trinajstić information content (AvgIpc) is 3.06. The van der Waals surface area contributed by atoms with Gasteiger partial charge in [-0.3, -0.25) is 14.5 Å². The second-order valence-corrected chi connectivity index (χ2v) is 7.56. The standard InChI is InChI=1S/C25H17NO6/c1-14(26-23(28)18-8-4-5-9-19(18)24(26)29)25(30)31-13-16-12-21(27)32-20-11-10-15-6-2-3-7-17(15)22(16)20/h2-12,14H,13H2,1H3/t14-/m0/s1. The summed E-state index contributed by atoms with van der Waals surface area (Å²) in [6.45, 7) is 1.24. The first kappa shape index (κ1) is 19.7. The molecule has 0 radical (unpaired) electrons. The van der Waals surface area contributed by atoms with E-state index < -0.39 is 29.5 Å². The van der Waals surface area contributed by atoms with Gasteiger partial charge in [0.2, 0.25) is 0 Å². The topological polar surface area (TPSA) is 93.9 Å². The van der Waals surface area contributed by atoms with E-state index in [1.54, 1.807) is 30.3 Å². The van der Waals surface area contributed by atoms with E-state index in [-0.39, 0.29) is 17.7 Å². The Balaban J connectivity index is 1.43. The van der Waals surface area contributed by atoms with E-state index in [0.29, 0.717) is 16.5 Å². The Kier molecular flexibility index (Phi) is 4.59. The fraction of sp³-hybridized carbons (Fsp3) is 0.120. The number of benzene rings is 3. The molecule has 0 spiro atoms. The first-order chi connectivity index (χ1) is 15.5. The fourth-order valence-electron chi connectivity index (χ4n) is 4.07. The van der Waals surface area contributed by atoms with Gasteiger partial charge in [0.25, 0.3) is 11.8 Å². The molecule has 5 rings (SSSR count). The average molecular weight is 427 g/mol. The highest BCUT2D eigenvalue weighted by Crippen LogP contribution is 2.28. The lowest BCUT2D eigenvalue weighted by molar-refractivity contribution is -0.149. The number of nitrogens with zero attached hydrogens (tertiary/aromatic N) is 1. The molecule has 0 bridgehead atoms. The van der Waals surface area contributed by atoms with Gasteiger partial charge < -0.3 is 9.15 Å². The van der Waals surface area contributed by atoms with E-state index in [0.717, 1.165) is 15.7 Å². The lowest BCUT2D eigenvalue weighted by Gasteiger charge is -2.21. The summed E-state index contributed by atoms with van der Waals surface area (Å²) in [6, 6.07) is 17.7. The number of carbonyl (C=O) groups is 3. The van der Waals surface area contributed by atoms with Crippen LogP contribution in [0.25, 0.3) is 21.7 Å². The third-order valence-electron chi connectivity index (χ3n) is 5.64. The smallest absolute Gasteiger partial charge is 0.336 e. The van der Waals surface area contributed by atoms with Gasteiger partial charge in [-0.1, -0.05) is 42.5 Å². The molecule has 32 heavy (non-hydrogen) atoms. The molecule has 0 unspecified atom stereocenters. The molecule has 2 heterocycles. The van der Waals surface area contributed by atoms with Crippen molar-refractivity contribution in [2.24, 2.45) is 0 Å². The molecule has 2 amide bonds. The van der Waals surface area contributed by atoms with Crippen molar-refractivity contribution >= 4 is 39.5 Å². The molecule has 4 aromatic rings. The van der Waals surface area contributed by atoms with Crippen molar-refractivity contribution in [3.05, 3.63) is 93.8 Å². The van der Waals surface area contributed by atoms with Gasteiger partial charge in [0.1, 0.15) is 18.2 Å². The molecular formula is C25H17NO6. The van der Waals surface area contributed by atoms with Crippen molar-refractivity contribution in [2.45, 2.75) is 19.6 Å². The number of rotatable bonds is 4. The SMILES string of the molecule is C[C@@H](C(=O)OCc1cc(=O)oc2ccc3ccccc3c12)N1C(=O)c2ccccc2C1=O. The summed E-state index contributed by atoms with van der Waals surface area (Å²) in [5.74, 6) is -1.82. The van der Waals surface area contributed by atoms with Crippen molar-refractivity contribution < 1.29 is 23.5 Å². The predicted molar refractivity (Wildman–Crippen MR) is 116 cm³/mol. The lowest BCUT2D eigenvalue weighted by atomic mass is 10.0. The number of ether oxygens (including phenoxy) is 1. The summed E-state index contributed by atoms with van der Waals surface area (Å²) < 4.78 is 10.8. The number of amides is 2. The van der Waals surface area contributed by atoms with E-state index in [1.807, 2.05) is 30.3 Å². The molecule has 0 aliphatic carbocycles. The molecule has 1 aliphatic rings. The zero-order valence-electron chi connectivity index (χ0n) is 17.0. The van der Waals surface area contributed by atoms with Crippen LogP contribution >= 0.6 is 0 Å². The third-order valence-corrected chi connectivity index (χ3v) is 5.64. The van der Waals surface area contributed by atoms with Crippen molar-refractivity contribution in [3.63, 3.8) is 0 Å². The van der Waals surface area contributed by atoms with Crippen molar-refractivity contribution in [1.29, 1.82) is 0 Å². The van der Waals surface area contributed by atoms with E-state index in [9.17, 15) is 19.2 Å². The van der Waals surface area contributed by atoms with Gasteiger partial charge in [-0.2, -0.15) is 0 Å². The van der Waals surface area contributed by atoms with Gasteiger partial charge in [-0.25, -0.2) is 9.59 Å². The van der Waals surface area contributed by atoms with Crippen LogP contribution in [0.4, 0.5) is 0 Å². The Labute approximate surface area is 181 Å². The number of esters is 1. The van der Waals surface area contributed by atoms with Crippen LogP contribution in [0.2, 0.25) is 0 Å². The van der Waals surface area contributed by atoms with Crippen LogP contribution in [-0.2, 0) is 16.1 Å². The molecule has 0 saturated heterocycles. The maximum Gasteiger partial charge on any atom is 0.336 e. The number of hydrogen-bond donors (Lipinski definition) is 0. The van der Waals surface area contributed by atoms with Crippen LogP contribution < -0.4 is 5.63 Å². The van der Waals surface area contributed by atoms with Gasteiger partial charge in [-0.05, 0) is 35.9 Å². The number of hydrogen-bond acceptors (Lipinski definition) is 6. The minimum Gasteiger partial charge on any atom is -0.459 e. The largest absolute Gasteiger partial charge is 0.459 e. The first-order valence-electron chi connectivity index (χ1n) is 10.0. The van der Waals surface area contributed by atoms with Gasteiger partial charge in [0, 0.05) is 17.0 Å². The Morgan fingerprint density at radius 3 is 2.31 bits per heavy atom. The molecule has 7 nitrogen and oxygen atoms in total. The Hall–Kier alpha value is -4.26. The highest BCUT2D eigenvalue weighted by molar-refractivity contribution is 6.22. The van der Waals surface area contributed by atoms with Crippen LogP contribution in [0, 0.1) is 0 Å². The molecule has 1 aliphatic heterocycles. The molecule has 1 aromatic heterocycles. The number of imide groups is 1. The minimum absolute atomic E-state index is 0.206. The number of fused-ring (bicyclic) bond motifs is 4. The summed E-state index contributed by atoms with van der Waals surface area (Å²) in [7, 11) is 0. The Bertz CT molecular complexity index is 1450. The Morgan fingerprint density at radius 2 is 1.59 bits per heavy atom. The minimum atomic E-state index is -1.12. The molecule has 3 aromatic carbocycles. The zero-order valence-corrected chi connectivity index (χ0v) is 17.0. The van der Waals surface area contributed by atoms with Crippen molar-refractivity contribution in [1.82, 2.24) is 4.90 Å². The second-order valence-electron chi connectivity index (χ2n) is 7.56. The van der Waals surface area contributed by atoms with Crippen LogP contribution in [0.5, 0.6) is 0 Å². The molecule has 0 saturated carbocycles. The van der Waals surface area contributed by atoms with Gasteiger partial charge in [0.05, 0.1) is 11.1 Å². The van der Waals surface area contributed by atoms with E-state index in [1.165, 1.54) is 13.0 Å². The quantitative estimate of drug-likeness (QED) is 0.213. The van der Waals surface area contributed by atoms with Crippen molar-refractivity contribution in [3.8, 4) is 0 Å². The van der Waals surface area contributed by atoms with Crippen molar-refractivity contribution in [2.75, 3.05) is 0 Å². The van der Waals surface area contributed by atoms with E-state index in [2.05, 4.69) is 0 Å². The highest BCUT2D eigenvalue weighted by Gasteiger charge is 2.41. The molecule has 0 fully saturated rings. The summed E-state index contributed by atoms with van der Waals surface area (Å²) in [5, 5.41) is 2.47. The van der Waals surface area contributed by atoms with Gasteiger partial charge >= 0.3 is 11.6 Å². The highest BCUT2D eigenvalue weighted by atomic mass is 16.5. The molecule has 7 heteroatoms. The normalized spacial score (nSPS) is 14.1. The molecular weight excluding hydrogens is 410 g/mol. The van der Waals surface area contributed by atoms with E-state index in [4.69, 9.17) is 9.15 Å². The third kappa shape index (κ3) is 3.06. The van der Waals surface area contributed by atoms with Crippen LogP contribution in [0.3, 0.4) is 0 Å². The van der Waals surface area contributed by atoms with Crippen LogP contribution in [0.1, 0.15) is 33.2 Å². The maximum absolute atomic E-state index is 12.8. The molecule has 0 N–H and O–H groups in total. The maximum atomic E-state index is 12.8.